The van der Waals surface area contributed by atoms with Gasteiger partial charge in [-0.3, -0.25) is 4.90 Å². The standard InChI is InChI=1S/C29H32F7N7O2/c1-5-14-9-43-18(8-38-14)13(3)45-26-19-24(40-27(41-25(19)43)44-10-15-7-28(32,33)11-42(15)4)22(31)23(39-26)16-6-17(37)21(30)12(2)20(16)29(34,35)36/h6,13-15,18,38H,5,7-11,37H2,1-4H3/t13-,14+,15+,18-/m0/s1. The molecule has 0 bridgehead atoms. The lowest BCUT2D eigenvalue weighted by atomic mass is 9.96. The molecule has 0 spiro atoms. The summed E-state index contributed by atoms with van der Waals surface area (Å²) in [4.78, 5) is 16.3. The minimum atomic E-state index is -5.10. The molecule has 2 fully saturated rings. The molecule has 45 heavy (non-hydrogen) atoms. The second kappa shape index (κ2) is 11.0. The number of hydrogen-bond acceptors (Lipinski definition) is 9. The molecule has 2 saturated heterocycles. The van der Waals surface area contributed by atoms with Crippen LogP contribution in [0.2, 0.25) is 0 Å². The molecule has 0 aliphatic carbocycles. The van der Waals surface area contributed by atoms with Gasteiger partial charge in [-0.25, -0.2) is 22.5 Å². The Labute approximate surface area is 253 Å². The highest BCUT2D eigenvalue weighted by atomic mass is 19.4. The van der Waals surface area contributed by atoms with Crippen molar-refractivity contribution in [3.63, 3.8) is 0 Å². The number of hydrogen-bond donors (Lipinski definition) is 2. The number of nitrogens with zero attached hydrogens (tertiary/aromatic N) is 5. The van der Waals surface area contributed by atoms with Gasteiger partial charge in [0.05, 0.1) is 23.8 Å². The Morgan fingerprint density at radius 2 is 1.91 bits per heavy atom. The quantitative estimate of drug-likeness (QED) is 0.296. The van der Waals surface area contributed by atoms with Gasteiger partial charge in [0.2, 0.25) is 5.88 Å². The molecule has 9 nitrogen and oxygen atoms in total. The smallest absolute Gasteiger partial charge is 0.417 e. The number of benzene rings is 1. The Balaban J connectivity index is 1.57. The summed E-state index contributed by atoms with van der Waals surface area (Å²) in [5, 5.41) is 3.44. The number of likely N-dealkylation sites (N-methyl/N-ethyl adjacent to an activating group) is 1. The molecule has 5 heterocycles. The van der Waals surface area contributed by atoms with Crippen molar-refractivity contribution in [2.45, 2.75) is 69.9 Å². The molecule has 3 aliphatic heterocycles. The predicted molar refractivity (Wildman–Crippen MR) is 152 cm³/mol. The predicted octanol–water partition coefficient (Wildman–Crippen LogP) is 4.94. The van der Waals surface area contributed by atoms with E-state index >= 15 is 4.39 Å². The number of likely N-dealkylation sites (tertiary alicyclic amines) is 1. The first-order valence-corrected chi connectivity index (χ1v) is 14.5. The van der Waals surface area contributed by atoms with Gasteiger partial charge in [-0.05, 0) is 38.9 Å². The minimum Gasteiger partial charge on any atom is -0.472 e. The van der Waals surface area contributed by atoms with Crippen molar-refractivity contribution in [1.82, 2.24) is 25.2 Å². The van der Waals surface area contributed by atoms with Crippen LogP contribution >= 0.6 is 0 Å². The zero-order valence-electron chi connectivity index (χ0n) is 24.9. The first-order valence-electron chi connectivity index (χ1n) is 14.5. The van der Waals surface area contributed by atoms with Crippen LogP contribution in [0.5, 0.6) is 11.9 Å². The lowest BCUT2D eigenvalue weighted by molar-refractivity contribution is -0.137. The fourth-order valence-electron chi connectivity index (χ4n) is 6.45. The Morgan fingerprint density at radius 3 is 2.56 bits per heavy atom. The van der Waals surface area contributed by atoms with E-state index in [4.69, 9.17) is 15.2 Å². The van der Waals surface area contributed by atoms with Crippen LogP contribution in [0.25, 0.3) is 22.2 Å². The highest BCUT2D eigenvalue weighted by Crippen LogP contribution is 2.46. The van der Waals surface area contributed by atoms with E-state index in [0.29, 0.717) is 19.2 Å². The number of aromatic nitrogens is 3. The molecule has 244 valence electrons. The number of nitrogens with two attached hydrogens (primary N) is 1. The van der Waals surface area contributed by atoms with Crippen LogP contribution in [0, 0.1) is 18.6 Å². The van der Waals surface area contributed by atoms with E-state index in [1.54, 1.807) is 6.92 Å². The summed E-state index contributed by atoms with van der Waals surface area (Å²) in [5.41, 5.74) is 0.760. The van der Waals surface area contributed by atoms with Gasteiger partial charge in [-0.15, -0.1) is 0 Å². The number of rotatable bonds is 5. The van der Waals surface area contributed by atoms with Crippen LogP contribution < -0.4 is 25.4 Å². The van der Waals surface area contributed by atoms with Crippen molar-refractivity contribution in [1.29, 1.82) is 0 Å². The molecule has 1 aromatic carbocycles. The average Bonchev–Trinajstić information content (AvgIpc) is 3.18. The van der Waals surface area contributed by atoms with E-state index in [9.17, 15) is 26.3 Å². The molecule has 0 radical (unpaired) electrons. The summed E-state index contributed by atoms with van der Waals surface area (Å²) in [6, 6.07) is -0.687. The third kappa shape index (κ3) is 5.45. The maximum atomic E-state index is 16.6. The van der Waals surface area contributed by atoms with E-state index < -0.39 is 82.4 Å². The normalized spacial score (nSPS) is 24.8. The summed E-state index contributed by atoms with van der Waals surface area (Å²) in [6.45, 7) is 4.79. The van der Waals surface area contributed by atoms with Gasteiger partial charge in [0.15, 0.2) is 5.82 Å². The van der Waals surface area contributed by atoms with E-state index in [1.807, 2.05) is 11.8 Å². The maximum Gasteiger partial charge on any atom is 0.417 e. The molecule has 4 atom stereocenters. The Bertz CT molecular complexity index is 1650. The van der Waals surface area contributed by atoms with Crippen LogP contribution in [-0.4, -0.2) is 83.3 Å². The van der Waals surface area contributed by atoms with Crippen molar-refractivity contribution in [2.24, 2.45) is 0 Å². The molecular weight excluding hydrogens is 611 g/mol. The summed E-state index contributed by atoms with van der Waals surface area (Å²) in [5.74, 6) is -5.50. The van der Waals surface area contributed by atoms with E-state index in [1.165, 1.54) is 11.9 Å². The highest BCUT2D eigenvalue weighted by Gasteiger charge is 2.44. The van der Waals surface area contributed by atoms with Crippen LogP contribution in [0.1, 0.15) is 37.8 Å². The second-order valence-corrected chi connectivity index (χ2v) is 12.0. The number of piperazine rings is 1. The number of nitrogens with one attached hydrogen (secondary N) is 1. The minimum absolute atomic E-state index is 0.0135. The number of alkyl halides is 5. The Kier molecular flexibility index (Phi) is 7.66. The molecule has 3 aromatic rings. The van der Waals surface area contributed by atoms with Gasteiger partial charge in [0.1, 0.15) is 40.9 Å². The molecule has 3 N–H and O–H groups in total. The van der Waals surface area contributed by atoms with Crippen LogP contribution in [0.3, 0.4) is 0 Å². The summed E-state index contributed by atoms with van der Waals surface area (Å²) in [7, 11) is 1.53. The van der Waals surface area contributed by atoms with E-state index in [2.05, 4.69) is 20.3 Å². The summed E-state index contributed by atoms with van der Waals surface area (Å²) >= 11 is 0. The van der Waals surface area contributed by atoms with Gasteiger partial charge in [-0.1, -0.05) is 6.92 Å². The number of pyridine rings is 1. The number of halogens is 7. The van der Waals surface area contributed by atoms with Crippen LogP contribution in [0.15, 0.2) is 6.07 Å². The average molecular weight is 644 g/mol. The van der Waals surface area contributed by atoms with Crippen molar-refractivity contribution in [3.05, 3.63) is 28.8 Å². The molecule has 3 aliphatic rings. The lowest BCUT2D eigenvalue weighted by Gasteiger charge is -2.42. The molecular formula is C29H32F7N7O2. The van der Waals surface area contributed by atoms with Gasteiger partial charge in [-0.2, -0.15) is 23.1 Å². The monoisotopic (exact) mass is 643 g/mol. The lowest BCUT2D eigenvalue weighted by Crippen LogP contribution is -2.60. The molecule has 6 rings (SSSR count). The summed E-state index contributed by atoms with van der Waals surface area (Å²) < 4.78 is 114. The topological polar surface area (TPSA) is 102 Å². The zero-order valence-corrected chi connectivity index (χ0v) is 24.9. The third-order valence-electron chi connectivity index (χ3n) is 8.86. The van der Waals surface area contributed by atoms with Gasteiger partial charge < -0.3 is 25.4 Å². The van der Waals surface area contributed by atoms with Crippen molar-refractivity contribution in [3.8, 4) is 23.1 Å². The fourth-order valence-corrected chi connectivity index (χ4v) is 6.45. The van der Waals surface area contributed by atoms with Crippen molar-refractivity contribution >= 4 is 22.4 Å². The number of nitrogen functional groups attached to an aromatic ring is 1. The highest BCUT2D eigenvalue weighted by molar-refractivity contribution is 5.97. The first kappa shape index (κ1) is 31.3. The molecule has 0 unspecified atom stereocenters. The summed E-state index contributed by atoms with van der Waals surface area (Å²) in [6.07, 6.45) is -5.41. The van der Waals surface area contributed by atoms with E-state index in [0.717, 1.165) is 13.3 Å². The molecule has 0 amide bonds. The fraction of sp³-hybridized carbons (Fsp3) is 0.552. The van der Waals surface area contributed by atoms with Crippen LogP contribution in [0.4, 0.5) is 42.2 Å². The Hall–Kier alpha value is -3.66. The largest absolute Gasteiger partial charge is 0.472 e. The number of ether oxygens (including phenoxy) is 2. The second-order valence-electron chi connectivity index (χ2n) is 12.0. The third-order valence-corrected chi connectivity index (χ3v) is 8.86. The number of fused-ring (bicyclic) bond motifs is 2. The molecule has 0 saturated carbocycles. The van der Waals surface area contributed by atoms with Crippen molar-refractivity contribution in [2.75, 3.05) is 43.9 Å². The van der Waals surface area contributed by atoms with Gasteiger partial charge >= 0.3 is 12.2 Å². The zero-order chi connectivity index (χ0) is 32.6. The van der Waals surface area contributed by atoms with Gasteiger partial charge in [0.25, 0.3) is 5.92 Å². The molecule has 2 aromatic heterocycles. The van der Waals surface area contributed by atoms with E-state index in [-0.39, 0.29) is 41.8 Å². The maximum absolute atomic E-state index is 16.6. The Morgan fingerprint density at radius 1 is 1.18 bits per heavy atom. The van der Waals surface area contributed by atoms with Crippen molar-refractivity contribution < 1.29 is 40.2 Å². The van der Waals surface area contributed by atoms with Crippen LogP contribution in [-0.2, 0) is 6.18 Å². The SMILES string of the molecule is CC[C@@H]1CN2c3nc(OC[C@H]4CC(F)(F)CN4C)nc4c(F)c(-c5cc(N)c(F)c(C)c5C(F)(F)F)nc(c34)O[C@@H](C)[C@@H]2CN1. The van der Waals surface area contributed by atoms with Gasteiger partial charge in [0, 0.05) is 37.2 Å². The number of anilines is 2. The first-order chi connectivity index (χ1) is 21.1. The molecule has 16 heteroatoms.